The van der Waals surface area contributed by atoms with Crippen molar-refractivity contribution >= 4 is 23.4 Å². The number of benzene rings is 2. The van der Waals surface area contributed by atoms with Gasteiger partial charge in [0.2, 0.25) is 5.91 Å². The number of nitro groups is 1. The molecule has 0 heterocycles. The van der Waals surface area contributed by atoms with Crippen LogP contribution in [0.3, 0.4) is 0 Å². The van der Waals surface area contributed by atoms with Gasteiger partial charge in [-0.3, -0.25) is 14.9 Å². The van der Waals surface area contributed by atoms with Gasteiger partial charge in [0.25, 0.3) is 5.69 Å². The quantitative estimate of drug-likeness (QED) is 0.438. The van der Waals surface area contributed by atoms with Gasteiger partial charge in [0.1, 0.15) is 11.5 Å². The van der Waals surface area contributed by atoms with Crippen LogP contribution in [0.15, 0.2) is 48.5 Å². The number of non-ortho nitro benzene ring substituents is 1. The van der Waals surface area contributed by atoms with Crippen molar-refractivity contribution in [2.24, 2.45) is 0 Å². The normalized spacial score (nSPS) is 10.5. The van der Waals surface area contributed by atoms with E-state index < -0.39 is 10.8 Å². The zero-order valence-electron chi connectivity index (χ0n) is 14.6. The minimum absolute atomic E-state index is 0.132. The molecule has 0 atom stereocenters. The Hall–Kier alpha value is -3.35. The van der Waals surface area contributed by atoms with Crippen LogP contribution >= 0.6 is 0 Å². The first-order chi connectivity index (χ1) is 12.5. The number of rotatable bonds is 8. The summed E-state index contributed by atoms with van der Waals surface area (Å²) in [6.45, 7) is 2.69. The van der Waals surface area contributed by atoms with E-state index in [9.17, 15) is 14.9 Å². The lowest BCUT2D eigenvalue weighted by Gasteiger charge is -2.08. The number of anilines is 1. The molecule has 26 heavy (non-hydrogen) atoms. The number of methoxy groups -OCH3 is 1. The third-order valence-corrected chi connectivity index (χ3v) is 3.43. The molecule has 0 aliphatic carbocycles. The first-order valence-electron chi connectivity index (χ1n) is 8.08. The molecule has 0 saturated carbocycles. The molecule has 0 spiro atoms. The number of carbonyl (C=O) groups is 1. The fourth-order valence-electron chi connectivity index (χ4n) is 2.15. The fraction of sp³-hybridized carbons (Fsp3) is 0.211. The number of carbonyl (C=O) groups excluding carboxylic acids is 1. The molecule has 0 aromatic heterocycles. The highest BCUT2D eigenvalue weighted by atomic mass is 16.6. The van der Waals surface area contributed by atoms with E-state index in [0.29, 0.717) is 12.4 Å². The maximum atomic E-state index is 12.1. The number of ether oxygens (including phenoxy) is 2. The number of nitrogens with one attached hydrogen (secondary N) is 1. The van der Waals surface area contributed by atoms with E-state index in [-0.39, 0.29) is 11.4 Å². The van der Waals surface area contributed by atoms with Gasteiger partial charge in [-0.05, 0) is 36.3 Å². The Balaban J connectivity index is 2.05. The van der Waals surface area contributed by atoms with Gasteiger partial charge < -0.3 is 14.8 Å². The first kappa shape index (κ1) is 19.0. The van der Waals surface area contributed by atoms with Crippen LogP contribution in [0.4, 0.5) is 11.4 Å². The summed E-state index contributed by atoms with van der Waals surface area (Å²) in [5.74, 6) is 0.694. The molecule has 2 aromatic rings. The summed E-state index contributed by atoms with van der Waals surface area (Å²) < 4.78 is 10.6. The van der Waals surface area contributed by atoms with Crippen LogP contribution in [-0.4, -0.2) is 24.5 Å². The van der Waals surface area contributed by atoms with Crippen molar-refractivity contribution in [1.82, 2.24) is 0 Å². The maximum Gasteiger partial charge on any atom is 0.271 e. The Morgan fingerprint density at radius 3 is 2.58 bits per heavy atom. The van der Waals surface area contributed by atoms with Gasteiger partial charge in [0.05, 0.1) is 24.3 Å². The largest absolute Gasteiger partial charge is 0.495 e. The number of hydrogen-bond donors (Lipinski definition) is 1. The smallest absolute Gasteiger partial charge is 0.271 e. The van der Waals surface area contributed by atoms with Gasteiger partial charge in [-0.15, -0.1) is 0 Å². The summed E-state index contributed by atoms with van der Waals surface area (Å²) in [5.41, 5.74) is 0.933. The van der Waals surface area contributed by atoms with Gasteiger partial charge in [-0.25, -0.2) is 0 Å². The van der Waals surface area contributed by atoms with E-state index >= 15 is 0 Å². The lowest BCUT2D eigenvalue weighted by atomic mass is 10.2. The molecule has 0 bridgehead atoms. The summed E-state index contributed by atoms with van der Waals surface area (Å²) >= 11 is 0. The SMILES string of the molecule is CCCOc1ccc(/C=C/C(=O)Nc2cc([N+](=O)[O-])ccc2OC)cc1. The molecule has 0 aliphatic rings. The second-order valence-electron chi connectivity index (χ2n) is 5.38. The number of nitrogens with zero attached hydrogens (tertiary/aromatic N) is 1. The van der Waals surface area contributed by atoms with Gasteiger partial charge in [0.15, 0.2) is 0 Å². The molecule has 136 valence electrons. The zero-order chi connectivity index (χ0) is 18.9. The second-order valence-corrected chi connectivity index (χ2v) is 5.38. The standard InChI is InChI=1S/C19H20N2O5/c1-3-12-26-16-8-4-14(5-9-16)6-11-19(22)20-17-13-15(21(23)24)7-10-18(17)25-2/h4-11,13H,3,12H2,1-2H3,(H,20,22)/b11-6+. The van der Waals surface area contributed by atoms with Crippen LogP contribution in [0.25, 0.3) is 6.08 Å². The average Bonchev–Trinajstić information content (AvgIpc) is 2.65. The number of hydrogen-bond acceptors (Lipinski definition) is 5. The van der Waals surface area contributed by atoms with Crippen molar-refractivity contribution in [2.75, 3.05) is 19.0 Å². The molecule has 0 unspecified atom stereocenters. The van der Waals surface area contributed by atoms with E-state index in [4.69, 9.17) is 9.47 Å². The van der Waals surface area contributed by atoms with Crippen LogP contribution in [0, 0.1) is 10.1 Å². The van der Waals surface area contributed by atoms with Gasteiger partial charge in [-0.1, -0.05) is 19.1 Å². The van der Waals surface area contributed by atoms with Crippen molar-refractivity contribution in [3.05, 3.63) is 64.2 Å². The summed E-state index contributed by atoms with van der Waals surface area (Å²) in [6, 6.07) is 11.3. The van der Waals surface area contributed by atoms with Crippen molar-refractivity contribution in [1.29, 1.82) is 0 Å². The summed E-state index contributed by atoms with van der Waals surface area (Å²) in [5, 5.41) is 13.5. The lowest BCUT2D eigenvalue weighted by Crippen LogP contribution is -2.09. The molecule has 7 heteroatoms. The molecule has 0 saturated heterocycles. The van der Waals surface area contributed by atoms with Crippen LogP contribution in [0.1, 0.15) is 18.9 Å². The number of amides is 1. The second kappa shape index (κ2) is 9.22. The predicted molar refractivity (Wildman–Crippen MR) is 99.5 cm³/mol. The fourth-order valence-corrected chi connectivity index (χ4v) is 2.15. The van der Waals surface area contributed by atoms with E-state index in [1.807, 2.05) is 31.2 Å². The van der Waals surface area contributed by atoms with Crippen molar-refractivity contribution < 1.29 is 19.2 Å². The van der Waals surface area contributed by atoms with E-state index in [0.717, 1.165) is 17.7 Å². The molecule has 1 amide bonds. The highest BCUT2D eigenvalue weighted by molar-refractivity contribution is 6.03. The third-order valence-electron chi connectivity index (χ3n) is 3.43. The zero-order valence-corrected chi connectivity index (χ0v) is 14.6. The molecule has 0 radical (unpaired) electrons. The van der Waals surface area contributed by atoms with E-state index in [1.165, 1.54) is 31.4 Å². The number of nitro benzene ring substituents is 1. The Labute approximate surface area is 151 Å². The van der Waals surface area contributed by atoms with Gasteiger partial charge in [0, 0.05) is 18.2 Å². The van der Waals surface area contributed by atoms with Crippen molar-refractivity contribution in [3.8, 4) is 11.5 Å². The lowest BCUT2D eigenvalue weighted by molar-refractivity contribution is -0.384. The van der Waals surface area contributed by atoms with Crippen molar-refractivity contribution in [3.63, 3.8) is 0 Å². The molecular weight excluding hydrogens is 336 g/mol. The molecule has 0 aliphatic heterocycles. The van der Waals surface area contributed by atoms with E-state index in [2.05, 4.69) is 5.32 Å². The summed E-state index contributed by atoms with van der Waals surface area (Å²) in [4.78, 5) is 22.4. The first-order valence-corrected chi connectivity index (χ1v) is 8.08. The molecule has 0 fully saturated rings. The predicted octanol–water partition coefficient (Wildman–Crippen LogP) is 4.04. The Bertz CT molecular complexity index is 800. The Kier molecular flexibility index (Phi) is 6.73. The van der Waals surface area contributed by atoms with Crippen molar-refractivity contribution in [2.45, 2.75) is 13.3 Å². The molecule has 2 aromatic carbocycles. The van der Waals surface area contributed by atoms with Gasteiger partial charge >= 0.3 is 0 Å². The summed E-state index contributed by atoms with van der Waals surface area (Å²) in [6.07, 6.45) is 3.92. The highest BCUT2D eigenvalue weighted by Crippen LogP contribution is 2.28. The molecule has 1 N–H and O–H groups in total. The topological polar surface area (TPSA) is 90.7 Å². The Morgan fingerprint density at radius 1 is 1.23 bits per heavy atom. The average molecular weight is 356 g/mol. The van der Waals surface area contributed by atoms with Gasteiger partial charge in [-0.2, -0.15) is 0 Å². The molecule has 2 rings (SSSR count). The van der Waals surface area contributed by atoms with E-state index in [1.54, 1.807) is 6.08 Å². The van der Waals surface area contributed by atoms with Crippen LogP contribution in [0.5, 0.6) is 11.5 Å². The van der Waals surface area contributed by atoms with Crippen LogP contribution in [0.2, 0.25) is 0 Å². The third kappa shape index (κ3) is 5.34. The van der Waals surface area contributed by atoms with Crippen LogP contribution < -0.4 is 14.8 Å². The minimum Gasteiger partial charge on any atom is -0.495 e. The summed E-state index contributed by atoms with van der Waals surface area (Å²) in [7, 11) is 1.43. The monoisotopic (exact) mass is 356 g/mol. The molecular formula is C19H20N2O5. The minimum atomic E-state index is -0.535. The Morgan fingerprint density at radius 2 is 1.96 bits per heavy atom. The maximum absolute atomic E-state index is 12.1. The highest BCUT2D eigenvalue weighted by Gasteiger charge is 2.12. The van der Waals surface area contributed by atoms with Crippen LogP contribution in [-0.2, 0) is 4.79 Å². The molecule has 7 nitrogen and oxygen atoms in total.